The van der Waals surface area contributed by atoms with Crippen LogP contribution in [0.5, 0.6) is 0 Å². The minimum atomic E-state index is -0.246. The molecule has 1 fully saturated rings. The fourth-order valence-corrected chi connectivity index (χ4v) is 4.79. The molecule has 0 radical (unpaired) electrons. The topological polar surface area (TPSA) is 58.1 Å². The van der Waals surface area contributed by atoms with Gasteiger partial charge in [-0.05, 0) is 38.3 Å². The standard InChI is InChI=1S/C20H23FN4OS/c1-3-12(2)24-20(26)13-7-9-25(10-8-13)19-18-17(22-11-23-19)16-14(21)5-4-6-15(16)27-18/h4-6,11-13H,3,7-10H2,1-2H3,(H,24,26). The highest BCUT2D eigenvalue weighted by molar-refractivity contribution is 7.26. The zero-order chi connectivity index (χ0) is 19.0. The van der Waals surface area contributed by atoms with E-state index in [1.165, 1.54) is 23.7 Å². The summed E-state index contributed by atoms with van der Waals surface area (Å²) in [5.74, 6) is 0.804. The van der Waals surface area contributed by atoms with E-state index in [1.807, 2.05) is 13.0 Å². The van der Waals surface area contributed by atoms with Gasteiger partial charge in [0.2, 0.25) is 5.91 Å². The maximum absolute atomic E-state index is 14.3. The summed E-state index contributed by atoms with van der Waals surface area (Å²) in [6.07, 6.45) is 4.05. The first-order valence-corrected chi connectivity index (χ1v) is 10.3. The van der Waals surface area contributed by atoms with Gasteiger partial charge in [0.25, 0.3) is 0 Å². The Bertz CT molecular complexity index is 981. The molecule has 1 atom stereocenters. The van der Waals surface area contributed by atoms with Crippen LogP contribution in [0.15, 0.2) is 24.5 Å². The molecule has 4 rings (SSSR count). The Morgan fingerprint density at radius 3 is 2.89 bits per heavy atom. The molecular weight excluding hydrogens is 363 g/mol. The van der Waals surface area contributed by atoms with E-state index >= 15 is 0 Å². The number of anilines is 1. The molecule has 27 heavy (non-hydrogen) atoms. The van der Waals surface area contributed by atoms with Crippen LogP contribution in [0.25, 0.3) is 20.3 Å². The SMILES string of the molecule is CCC(C)NC(=O)C1CCN(c2ncnc3c2sc2cccc(F)c23)CC1. The predicted molar refractivity (Wildman–Crippen MR) is 108 cm³/mol. The summed E-state index contributed by atoms with van der Waals surface area (Å²) in [6.45, 7) is 5.63. The minimum Gasteiger partial charge on any atom is -0.355 e. The van der Waals surface area contributed by atoms with Crippen LogP contribution in [-0.4, -0.2) is 35.0 Å². The number of piperidine rings is 1. The lowest BCUT2D eigenvalue weighted by molar-refractivity contribution is -0.126. The summed E-state index contributed by atoms with van der Waals surface area (Å²) in [5, 5.41) is 3.66. The van der Waals surface area contributed by atoms with Gasteiger partial charge < -0.3 is 10.2 Å². The van der Waals surface area contributed by atoms with E-state index in [1.54, 1.807) is 6.07 Å². The van der Waals surface area contributed by atoms with Crippen molar-refractivity contribution in [2.24, 2.45) is 5.92 Å². The number of amides is 1. The summed E-state index contributed by atoms with van der Waals surface area (Å²) in [5.41, 5.74) is 0.676. The maximum atomic E-state index is 14.3. The number of rotatable bonds is 4. The number of hydrogen-bond donors (Lipinski definition) is 1. The summed E-state index contributed by atoms with van der Waals surface area (Å²) in [7, 11) is 0. The normalized spacial score (nSPS) is 16.8. The second-order valence-corrected chi connectivity index (χ2v) is 8.22. The van der Waals surface area contributed by atoms with Gasteiger partial charge >= 0.3 is 0 Å². The highest BCUT2D eigenvalue weighted by atomic mass is 32.1. The van der Waals surface area contributed by atoms with Crippen molar-refractivity contribution in [1.82, 2.24) is 15.3 Å². The quantitative estimate of drug-likeness (QED) is 0.733. The molecule has 1 amide bonds. The molecule has 2 aromatic heterocycles. The maximum Gasteiger partial charge on any atom is 0.223 e. The van der Waals surface area contributed by atoms with Crippen molar-refractivity contribution in [1.29, 1.82) is 0 Å². The Kier molecular flexibility index (Phi) is 4.95. The van der Waals surface area contributed by atoms with Gasteiger partial charge in [0.05, 0.1) is 15.6 Å². The largest absolute Gasteiger partial charge is 0.355 e. The van der Waals surface area contributed by atoms with Crippen LogP contribution < -0.4 is 10.2 Å². The summed E-state index contributed by atoms with van der Waals surface area (Å²) < 4.78 is 16.1. The van der Waals surface area contributed by atoms with Gasteiger partial charge in [0, 0.05) is 29.7 Å². The number of hydrogen-bond acceptors (Lipinski definition) is 5. The molecule has 1 aliphatic rings. The van der Waals surface area contributed by atoms with Crippen molar-refractivity contribution in [3.8, 4) is 0 Å². The van der Waals surface area contributed by atoms with Crippen LogP contribution in [0.4, 0.5) is 10.2 Å². The summed E-state index contributed by atoms with van der Waals surface area (Å²) in [4.78, 5) is 23.4. The van der Waals surface area contributed by atoms with Crippen molar-refractivity contribution in [2.45, 2.75) is 39.2 Å². The van der Waals surface area contributed by atoms with Crippen molar-refractivity contribution in [3.05, 3.63) is 30.3 Å². The van der Waals surface area contributed by atoms with Crippen LogP contribution in [0.1, 0.15) is 33.1 Å². The number of nitrogens with zero attached hydrogens (tertiary/aromatic N) is 3. The molecule has 0 saturated carbocycles. The molecule has 1 saturated heterocycles. The van der Waals surface area contributed by atoms with E-state index in [9.17, 15) is 9.18 Å². The molecule has 7 heteroatoms. The number of carbonyl (C=O) groups excluding carboxylic acids is 1. The highest BCUT2D eigenvalue weighted by Gasteiger charge is 2.27. The van der Waals surface area contributed by atoms with Crippen molar-refractivity contribution >= 4 is 43.4 Å². The third-order valence-corrected chi connectivity index (χ3v) is 6.52. The molecule has 5 nitrogen and oxygen atoms in total. The minimum absolute atomic E-state index is 0.0485. The van der Waals surface area contributed by atoms with E-state index in [2.05, 4.69) is 27.1 Å². The molecule has 3 heterocycles. The number of nitrogens with one attached hydrogen (secondary N) is 1. The number of halogens is 1. The Balaban J connectivity index is 1.57. The van der Waals surface area contributed by atoms with E-state index in [-0.39, 0.29) is 23.7 Å². The first kappa shape index (κ1) is 18.1. The smallest absolute Gasteiger partial charge is 0.223 e. The van der Waals surface area contributed by atoms with E-state index in [0.29, 0.717) is 10.9 Å². The Hall–Kier alpha value is -2.28. The zero-order valence-electron chi connectivity index (χ0n) is 15.5. The first-order chi connectivity index (χ1) is 13.1. The van der Waals surface area contributed by atoms with E-state index in [0.717, 1.165) is 47.6 Å². The molecule has 1 unspecified atom stereocenters. The number of benzene rings is 1. The van der Waals surface area contributed by atoms with Crippen LogP contribution >= 0.6 is 11.3 Å². The van der Waals surface area contributed by atoms with Gasteiger partial charge in [-0.3, -0.25) is 4.79 Å². The molecule has 0 aliphatic carbocycles. The molecule has 0 bridgehead atoms. The Morgan fingerprint density at radius 2 is 2.15 bits per heavy atom. The third-order valence-electron chi connectivity index (χ3n) is 5.38. The number of thiophene rings is 1. The number of aromatic nitrogens is 2. The van der Waals surface area contributed by atoms with Gasteiger partial charge in [0.15, 0.2) is 0 Å². The second kappa shape index (κ2) is 7.38. The number of carbonyl (C=O) groups is 1. The van der Waals surface area contributed by atoms with Crippen molar-refractivity contribution in [3.63, 3.8) is 0 Å². The van der Waals surface area contributed by atoms with Crippen molar-refractivity contribution < 1.29 is 9.18 Å². The van der Waals surface area contributed by atoms with Crippen LogP contribution in [0, 0.1) is 11.7 Å². The second-order valence-electron chi connectivity index (χ2n) is 7.17. The predicted octanol–water partition coefficient (Wildman–Crippen LogP) is 4.11. The highest BCUT2D eigenvalue weighted by Crippen LogP contribution is 2.39. The van der Waals surface area contributed by atoms with Gasteiger partial charge in [-0.25, -0.2) is 14.4 Å². The molecule has 3 aromatic rings. The fraction of sp³-hybridized carbons (Fsp3) is 0.450. The Morgan fingerprint density at radius 1 is 1.37 bits per heavy atom. The van der Waals surface area contributed by atoms with Crippen LogP contribution in [-0.2, 0) is 4.79 Å². The lowest BCUT2D eigenvalue weighted by Gasteiger charge is -2.32. The molecule has 142 valence electrons. The lowest BCUT2D eigenvalue weighted by Crippen LogP contribution is -2.43. The fourth-order valence-electron chi connectivity index (χ4n) is 3.61. The monoisotopic (exact) mass is 386 g/mol. The molecule has 1 aromatic carbocycles. The molecular formula is C20H23FN4OS. The van der Waals surface area contributed by atoms with Crippen molar-refractivity contribution in [2.75, 3.05) is 18.0 Å². The molecule has 0 spiro atoms. The zero-order valence-corrected chi connectivity index (χ0v) is 16.4. The van der Waals surface area contributed by atoms with Crippen LogP contribution in [0.2, 0.25) is 0 Å². The van der Waals surface area contributed by atoms with E-state index < -0.39 is 0 Å². The van der Waals surface area contributed by atoms with Crippen LogP contribution in [0.3, 0.4) is 0 Å². The molecule has 1 aliphatic heterocycles. The Labute approximate surface area is 161 Å². The summed E-state index contributed by atoms with van der Waals surface area (Å²) in [6, 6.07) is 5.32. The van der Waals surface area contributed by atoms with Gasteiger partial charge in [-0.1, -0.05) is 13.0 Å². The van der Waals surface area contributed by atoms with Gasteiger partial charge in [-0.15, -0.1) is 11.3 Å². The average Bonchev–Trinajstić information content (AvgIpc) is 3.08. The lowest BCUT2D eigenvalue weighted by atomic mass is 9.95. The average molecular weight is 386 g/mol. The third kappa shape index (κ3) is 3.36. The first-order valence-electron chi connectivity index (χ1n) is 9.45. The van der Waals surface area contributed by atoms with E-state index in [4.69, 9.17) is 0 Å². The number of fused-ring (bicyclic) bond motifs is 3. The molecule has 1 N–H and O–H groups in total. The van der Waals surface area contributed by atoms with Gasteiger partial charge in [-0.2, -0.15) is 0 Å². The van der Waals surface area contributed by atoms with Gasteiger partial charge in [0.1, 0.15) is 18.0 Å². The summed E-state index contributed by atoms with van der Waals surface area (Å²) >= 11 is 1.53.